The van der Waals surface area contributed by atoms with Crippen LogP contribution in [0.25, 0.3) is 0 Å². The molecule has 206 valence electrons. The van der Waals surface area contributed by atoms with Crippen LogP contribution in [0.3, 0.4) is 0 Å². The summed E-state index contributed by atoms with van der Waals surface area (Å²) < 4.78 is -0.830. The second kappa shape index (κ2) is 11.4. The van der Waals surface area contributed by atoms with Gasteiger partial charge in [0, 0.05) is 0 Å². The molecule has 0 unspecified atom stereocenters. The zero-order valence-electron chi connectivity index (χ0n) is 23.5. The van der Waals surface area contributed by atoms with Crippen molar-refractivity contribution in [3.8, 4) is 0 Å². The van der Waals surface area contributed by atoms with Crippen LogP contribution in [-0.2, 0) is 4.79 Å². The fourth-order valence-corrected chi connectivity index (χ4v) is 11.2. The largest absolute Gasteiger partial charge is 0.298 e. The lowest BCUT2D eigenvalue weighted by atomic mass is 9.41. The average molecular weight is 538 g/mol. The SMILES string of the molecule is CCCCCC1CCC(C2CCC3(CC2)C(=O)C2(CCC(C4CCC(CC)CC4)CC2)C3(Cl)Cl)CC1. The third kappa shape index (κ3) is 4.75. The van der Waals surface area contributed by atoms with Crippen molar-refractivity contribution in [2.24, 2.45) is 46.3 Å². The summed E-state index contributed by atoms with van der Waals surface area (Å²) in [5.74, 6) is 5.78. The van der Waals surface area contributed by atoms with Gasteiger partial charge in [-0.3, -0.25) is 4.79 Å². The Kier molecular flexibility index (Phi) is 8.80. The lowest BCUT2D eigenvalue weighted by molar-refractivity contribution is -0.173. The summed E-state index contributed by atoms with van der Waals surface area (Å²) in [6, 6.07) is 0. The van der Waals surface area contributed by atoms with Crippen molar-refractivity contribution in [1.82, 2.24) is 0 Å². The van der Waals surface area contributed by atoms with Gasteiger partial charge in [0.25, 0.3) is 0 Å². The van der Waals surface area contributed by atoms with Gasteiger partial charge in [0.2, 0.25) is 0 Å². The Balaban J connectivity index is 1.11. The van der Waals surface area contributed by atoms with E-state index in [2.05, 4.69) is 13.8 Å². The number of halogens is 2. The predicted octanol–water partition coefficient (Wildman–Crippen LogP) is 10.7. The van der Waals surface area contributed by atoms with Crippen LogP contribution in [0.1, 0.15) is 149 Å². The van der Waals surface area contributed by atoms with E-state index in [1.54, 1.807) is 0 Å². The molecule has 0 aliphatic heterocycles. The van der Waals surface area contributed by atoms with Crippen molar-refractivity contribution in [3.63, 3.8) is 0 Å². The Hall–Kier alpha value is 0.250. The number of carbonyl (C=O) groups is 1. The van der Waals surface area contributed by atoms with E-state index in [1.807, 2.05) is 0 Å². The average Bonchev–Trinajstić information content (AvgIpc) is 2.93. The fraction of sp³-hybridized carbons (Fsp3) is 0.970. The molecule has 0 bridgehead atoms. The number of hydrogen-bond acceptors (Lipinski definition) is 1. The van der Waals surface area contributed by atoms with Crippen LogP contribution in [0.2, 0.25) is 0 Å². The van der Waals surface area contributed by atoms with Crippen molar-refractivity contribution in [2.45, 2.75) is 153 Å². The summed E-state index contributed by atoms with van der Waals surface area (Å²) in [6.07, 6.45) is 26.8. The van der Waals surface area contributed by atoms with E-state index in [4.69, 9.17) is 23.2 Å². The van der Waals surface area contributed by atoms with Crippen molar-refractivity contribution in [1.29, 1.82) is 0 Å². The van der Waals surface area contributed by atoms with Gasteiger partial charge >= 0.3 is 0 Å². The van der Waals surface area contributed by atoms with Gasteiger partial charge in [-0.2, -0.15) is 0 Å². The van der Waals surface area contributed by atoms with Crippen LogP contribution in [0.15, 0.2) is 0 Å². The van der Waals surface area contributed by atoms with Gasteiger partial charge in [-0.1, -0.05) is 94.8 Å². The lowest BCUT2D eigenvalue weighted by Gasteiger charge is -2.67. The normalized spacial score (nSPS) is 45.1. The van der Waals surface area contributed by atoms with Crippen molar-refractivity contribution in [3.05, 3.63) is 0 Å². The summed E-state index contributed by atoms with van der Waals surface area (Å²) in [7, 11) is 0. The van der Waals surface area contributed by atoms with Gasteiger partial charge in [0.1, 0.15) is 4.33 Å². The monoisotopic (exact) mass is 536 g/mol. The quantitative estimate of drug-likeness (QED) is 0.233. The Bertz CT molecular complexity index is 727. The molecule has 0 heterocycles. The zero-order chi connectivity index (χ0) is 25.4. The highest BCUT2D eigenvalue weighted by atomic mass is 35.5. The number of ketones is 1. The summed E-state index contributed by atoms with van der Waals surface area (Å²) in [6.45, 7) is 4.66. The molecular weight excluding hydrogens is 483 g/mol. The Morgan fingerprint density at radius 2 is 1.03 bits per heavy atom. The maximum absolute atomic E-state index is 14.0. The maximum atomic E-state index is 14.0. The minimum absolute atomic E-state index is 0.434. The molecule has 0 N–H and O–H groups in total. The van der Waals surface area contributed by atoms with Gasteiger partial charge in [0.15, 0.2) is 5.78 Å². The molecule has 3 heteroatoms. The van der Waals surface area contributed by atoms with E-state index in [9.17, 15) is 4.79 Å². The van der Waals surface area contributed by atoms with Crippen LogP contribution in [0, 0.1) is 46.3 Å². The first-order chi connectivity index (χ1) is 17.4. The van der Waals surface area contributed by atoms with Gasteiger partial charge in [-0.15, -0.1) is 0 Å². The zero-order valence-corrected chi connectivity index (χ0v) is 25.0. The standard InChI is InChI=1S/C33H54Cl2O/c1-3-5-6-7-25-10-14-27(15-11-25)29-18-22-32(23-19-29)30(36)31(33(32,34)35)20-16-28(17-21-31)26-12-8-24(4-2)9-13-26/h24-29H,3-23H2,1-2H3. The number of hydrogen-bond donors (Lipinski definition) is 0. The molecule has 0 aromatic rings. The minimum atomic E-state index is -0.830. The predicted molar refractivity (Wildman–Crippen MR) is 154 cm³/mol. The number of Topliss-reactive ketones (excluding diaryl/α,β-unsaturated/α-hetero) is 1. The molecule has 5 aliphatic rings. The molecule has 0 amide bonds. The molecule has 0 atom stereocenters. The highest BCUT2D eigenvalue weighted by Gasteiger charge is 2.79. The molecular formula is C33H54Cl2O. The second-order valence-corrected chi connectivity index (χ2v) is 15.5. The Morgan fingerprint density at radius 1 is 0.611 bits per heavy atom. The van der Waals surface area contributed by atoms with E-state index < -0.39 is 15.2 Å². The van der Waals surface area contributed by atoms with E-state index in [0.717, 1.165) is 61.2 Å². The lowest BCUT2D eigenvalue weighted by Crippen LogP contribution is -2.74. The van der Waals surface area contributed by atoms with Crippen LogP contribution in [0.4, 0.5) is 0 Å². The first-order valence-corrected chi connectivity index (χ1v) is 17.0. The minimum Gasteiger partial charge on any atom is -0.298 e. The van der Waals surface area contributed by atoms with E-state index in [-0.39, 0.29) is 0 Å². The highest BCUT2D eigenvalue weighted by Crippen LogP contribution is 2.75. The first kappa shape index (κ1) is 27.8. The smallest absolute Gasteiger partial charge is 0.151 e. The third-order valence-corrected chi connectivity index (χ3v) is 14.2. The van der Waals surface area contributed by atoms with E-state index in [0.29, 0.717) is 5.78 Å². The van der Waals surface area contributed by atoms with Gasteiger partial charge in [-0.05, 0) is 113 Å². The van der Waals surface area contributed by atoms with Gasteiger partial charge < -0.3 is 0 Å². The maximum Gasteiger partial charge on any atom is 0.151 e. The number of carbonyl (C=O) groups excluding carboxylic acids is 1. The van der Waals surface area contributed by atoms with Crippen LogP contribution < -0.4 is 0 Å². The summed E-state index contributed by atoms with van der Waals surface area (Å²) in [5, 5.41) is 0. The molecule has 0 aromatic heterocycles. The van der Waals surface area contributed by atoms with Crippen LogP contribution in [0.5, 0.6) is 0 Å². The van der Waals surface area contributed by atoms with Crippen LogP contribution >= 0.6 is 23.2 Å². The van der Waals surface area contributed by atoms with E-state index in [1.165, 1.54) is 109 Å². The van der Waals surface area contributed by atoms with Crippen molar-refractivity contribution in [2.75, 3.05) is 0 Å². The highest BCUT2D eigenvalue weighted by molar-refractivity contribution is 6.55. The molecule has 36 heavy (non-hydrogen) atoms. The summed E-state index contributed by atoms with van der Waals surface area (Å²) in [5.41, 5.74) is -0.868. The van der Waals surface area contributed by atoms with Gasteiger partial charge in [0.05, 0.1) is 10.8 Å². The molecule has 5 rings (SSSR count). The van der Waals surface area contributed by atoms with Crippen molar-refractivity contribution < 1.29 is 4.79 Å². The topological polar surface area (TPSA) is 17.1 Å². The number of unbranched alkanes of at least 4 members (excludes halogenated alkanes) is 2. The Morgan fingerprint density at radius 3 is 1.42 bits per heavy atom. The molecule has 2 spiro atoms. The van der Waals surface area contributed by atoms with E-state index >= 15 is 0 Å². The molecule has 5 saturated carbocycles. The molecule has 0 aromatic carbocycles. The first-order valence-electron chi connectivity index (χ1n) is 16.3. The van der Waals surface area contributed by atoms with Gasteiger partial charge in [-0.25, -0.2) is 0 Å². The van der Waals surface area contributed by atoms with Crippen molar-refractivity contribution >= 4 is 29.0 Å². The molecule has 1 nitrogen and oxygen atoms in total. The molecule has 0 saturated heterocycles. The molecule has 5 fully saturated rings. The Labute approximate surface area is 232 Å². The second-order valence-electron chi connectivity index (χ2n) is 14.2. The van der Waals surface area contributed by atoms with Crippen LogP contribution in [-0.4, -0.2) is 10.1 Å². The summed E-state index contributed by atoms with van der Waals surface area (Å²) >= 11 is 14.6. The summed E-state index contributed by atoms with van der Waals surface area (Å²) in [4.78, 5) is 14.0. The number of rotatable bonds is 7. The molecule has 5 aliphatic carbocycles. The fourth-order valence-electron chi connectivity index (χ4n) is 10.1. The third-order valence-electron chi connectivity index (χ3n) is 12.7. The molecule has 0 radical (unpaired) electrons. The number of alkyl halides is 2.